The van der Waals surface area contributed by atoms with Crippen molar-refractivity contribution in [2.75, 3.05) is 18.6 Å². The fraction of sp³-hybridized carbons (Fsp3) is 0.750. The zero-order valence-electron chi connectivity index (χ0n) is 11.0. The Kier molecular flexibility index (Phi) is 3.77. The van der Waals surface area contributed by atoms with Crippen LogP contribution in [0.5, 0.6) is 0 Å². The van der Waals surface area contributed by atoms with E-state index in [1.807, 2.05) is 23.9 Å². The molecule has 0 saturated heterocycles. The minimum Gasteiger partial charge on any atom is -0.313 e. The van der Waals surface area contributed by atoms with Crippen LogP contribution in [0.2, 0.25) is 0 Å². The predicted molar refractivity (Wildman–Crippen MR) is 71.1 cm³/mol. The molecule has 1 aromatic rings. The molecular weight excluding hydrogens is 250 g/mol. The minimum absolute atomic E-state index is 0.00935. The monoisotopic (exact) mass is 271 g/mol. The molecule has 1 aliphatic carbocycles. The third-order valence-corrected chi connectivity index (χ3v) is 4.50. The largest absolute Gasteiger partial charge is 0.313 e. The first-order valence-corrected chi connectivity index (χ1v) is 8.33. The van der Waals surface area contributed by atoms with Crippen LogP contribution in [0, 0.1) is 5.41 Å². The summed E-state index contributed by atoms with van der Waals surface area (Å²) in [5.74, 6) is 0.199. The number of aromatic nitrogens is 2. The maximum atomic E-state index is 11.2. The summed E-state index contributed by atoms with van der Waals surface area (Å²) in [5, 5.41) is 7.56. The summed E-state index contributed by atoms with van der Waals surface area (Å²) in [4.78, 5) is 0. The van der Waals surface area contributed by atoms with Crippen molar-refractivity contribution < 1.29 is 8.42 Å². The topological polar surface area (TPSA) is 64.0 Å². The molecule has 0 amide bonds. The van der Waals surface area contributed by atoms with E-state index in [2.05, 4.69) is 10.4 Å². The number of hydrogen-bond donors (Lipinski definition) is 1. The van der Waals surface area contributed by atoms with Gasteiger partial charge in [0, 0.05) is 43.2 Å². The molecule has 0 aromatic carbocycles. The van der Waals surface area contributed by atoms with Crippen LogP contribution in [0.3, 0.4) is 0 Å². The highest BCUT2D eigenvalue weighted by Gasteiger charge is 2.42. The highest BCUT2D eigenvalue weighted by molar-refractivity contribution is 7.90. The van der Waals surface area contributed by atoms with Gasteiger partial charge in [-0.25, -0.2) is 8.42 Å². The average molecular weight is 271 g/mol. The quantitative estimate of drug-likeness (QED) is 0.792. The lowest BCUT2D eigenvalue weighted by atomic mass is 10.1. The van der Waals surface area contributed by atoms with E-state index >= 15 is 0 Å². The molecule has 0 spiro atoms. The van der Waals surface area contributed by atoms with E-state index in [9.17, 15) is 8.42 Å². The van der Waals surface area contributed by atoms with Crippen LogP contribution in [-0.2, 0) is 16.4 Å². The molecule has 1 unspecified atom stereocenters. The van der Waals surface area contributed by atoms with E-state index in [-0.39, 0.29) is 17.2 Å². The van der Waals surface area contributed by atoms with E-state index in [1.54, 1.807) is 6.20 Å². The van der Waals surface area contributed by atoms with Crippen molar-refractivity contribution in [3.05, 3.63) is 18.5 Å². The van der Waals surface area contributed by atoms with Gasteiger partial charge in [-0.2, -0.15) is 5.10 Å². The number of nitrogens with one attached hydrogen (secondary N) is 1. The molecule has 18 heavy (non-hydrogen) atoms. The number of nitrogens with zero attached hydrogens (tertiary/aromatic N) is 2. The molecule has 102 valence electrons. The number of rotatable bonds is 7. The van der Waals surface area contributed by atoms with E-state index in [1.165, 1.54) is 19.1 Å². The van der Waals surface area contributed by atoms with Crippen LogP contribution in [0.15, 0.2) is 18.5 Å². The molecule has 0 bridgehead atoms. The van der Waals surface area contributed by atoms with Gasteiger partial charge in [-0.3, -0.25) is 4.68 Å². The Labute approximate surface area is 108 Å². The van der Waals surface area contributed by atoms with Crippen LogP contribution in [0.4, 0.5) is 0 Å². The Bertz CT molecular complexity index is 477. The number of hydrogen-bond acceptors (Lipinski definition) is 4. The lowest BCUT2D eigenvalue weighted by Gasteiger charge is -2.19. The van der Waals surface area contributed by atoms with Gasteiger partial charge >= 0.3 is 0 Å². The van der Waals surface area contributed by atoms with Crippen LogP contribution in [-0.4, -0.2) is 42.8 Å². The maximum absolute atomic E-state index is 11.2. The Morgan fingerprint density at radius 3 is 2.72 bits per heavy atom. The molecule has 1 atom stereocenters. The fourth-order valence-electron chi connectivity index (χ4n) is 2.21. The van der Waals surface area contributed by atoms with Gasteiger partial charge in [-0.05, 0) is 25.8 Å². The van der Waals surface area contributed by atoms with E-state index in [0.29, 0.717) is 0 Å². The highest BCUT2D eigenvalue weighted by atomic mass is 32.2. The summed E-state index contributed by atoms with van der Waals surface area (Å²) in [6, 6.07) is 1.94. The van der Waals surface area contributed by atoms with Gasteiger partial charge in [0.15, 0.2) is 0 Å². The third-order valence-electron chi connectivity index (χ3n) is 3.39. The van der Waals surface area contributed by atoms with Crippen LogP contribution in [0.1, 0.15) is 19.8 Å². The maximum Gasteiger partial charge on any atom is 0.148 e. The van der Waals surface area contributed by atoms with E-state index in [4.69, 9.17) is 0 Å². The van der Waals surface area contributed by atoms with Crippen LogP contribution < -0.4 is 5.32 Å². The van der Waals surface area contributed by atoms with Gasteiger partial charge in [-0.15, -0.1) is 0 Å². The smallest absolute Gasteiger partial charge is 0.148 e. The van der Waals surface area contributed by atoms with Crippen molar-refractivity contribution in [3.63, 3.8) is 0 Å². The molecule has 6 heteroatoms. The van der Waals surface area contributed by atoms with Gasteiger partial charge in [0.05, 0.1) is 5.75 Å². The van der Waals surface area contributed by atoms with Crippen molar-refractivity contribution in [1.29, 1.82) is 0 Å². The van der Waals surface area contributed by atoms with Crippen molar-refractivity contribution in [2.24, 2.45) is 5.41 Å². The normalized spacial score (nSPS) is 19.7. The summed E-state index contributed by atoms with van der Waals surface area (Å²) >= 11 is 0. The summed E-state index contributed by atoms with van der Waals surface area (Å²) < 4.78 is 24.3. The Morgan fingerprint density at radius 1 is 1.50 bits per heavy atom. The predicted octanol–water partition coefficient (Wildman–Crippen LogP) is 0.686. The van der Waals surface area contributed by atoms with Gasteiger partial charge in [0.2, 0.25) is 0 Å². The standard InChI is InChI=1S/C12H21N3O2S/c1-11(8-18(2,16)17)13-9-12(4-5-12)10-15-7-3-6-14-15/h3,6-7,11,13H,4-5,8-10H2,1-2H3. The Morgan fingerprint density at radius 2 is 2.22 bits per heavy atom. The zero-order chi connectivity index (χ0) is 13.2. The van der Waals surface area contributed by atoms with E-state index < -0.39 is 9.84 Å². The second kappa shape index (κ2) is 5.01. The molecule has 0 aliphatic heterocycles. The minimum atomic E-state index is -2.90. The molecule has 0 radical (unpaired) electrons. The van der Waals surface area contributed by atoms with Gasteiger partial charge < -0.3 is 5.32 Å². The summed E-state index contributed by atoms with van der Waals surface area (Å²) in [7, 11) is -2.90. The van der Waals surface area contributed by atoms with Crippen LogP contribution >= 0.6 is 0 Å². The van der Waals surface area contributed by atoms with E-state index in [0.717, 1.165) is 13.1 Å². The van der Waals surface area contributed by atoms with Crippen molar-refractivity contribution in [1.82, 2.24) is 15.1 Å². The second-order valence-corrected chi connectivity index (χ2v) is 7.76. The third kappa shape index (κ3) is 4.10. The van der Waals surface area contributed by atoms with Crippen LogP contribution in [0.25, 0.3) is 0 Å². The molecule has 1 fully saturated rings. The molecule has 1 heterocycles. The lowest BCUT2D eigenvalue weighted by Crippen LogP contribution is -2.37. The number of sulfone groups is 1. The van der Waals surface area contributed by atoms with Crippen molar-refractivity contribution in [2.45, 2.75) is 32.4 Å². The molecule has 2 rings (SSSR count). The molecule has 5 nitrogen and oxygen atoms in total. The Balaban J connectivity index is 1.79. The summed E-state index contributed by atoms with van der Waals surface area (Å²) in [5.41, 5.74) is 0.276. The average Bonchev–Trinajstić information content (AvgIpc) is 2.79. The molecule has 1 N–H and O–H groups in total. The summed E-state index contributed by atoms with van der Waals surface area (Å²) in [6.07, 6.45) is 7.41. The lowest BCUT2D eigenvalue weighted by molar-refractivity contribution is 0.361. The molecule has 1 saturated carbocycles. The van der Waals surface area contributed by atoms with Crippen molar-refractivity contribution >= 4 is 9.84 Å². The van der Waals surface area contributed by atoms with Crippen molar-refractivity contribution in [3.8, 4) is 0 Å². The van der Waals surface area contributed by atoms with Gasteiger partial charge in [0.1, 0.15) is 9.84 Å². The highest BCUT2D eigenvalue weighted by Crippen LogP contribution is 2.46. The second-order valence-electron chi connectivity index (χ2n) is 5.58. The van der Waals surface area contributed by atoms with Gasteiger partial charge in [-0.1, -0.05) is 0 Å². The fourth-order valence-corrected chi connectivity index (χ4v) is 3.24. The van der Waals surface area contributed by atoms with Gasteiger partial charge in [0.25, 0.3) is 0 Å². The zero-order valence-corrected chi connectivity index (χ0v) is 11.8. The molecule has 1 aromatic heterocycles. The first-order chi connectivity index (χ1) is 8.39. The Hall–Kier alpha value is -0.880. The SMILES string of the molecule is CC(CS(C)(=O)=O)NCC1(Cn2cccn2)CC1. The first-order valence-electron chi connectivity index (χ1n) is 6.27. The molecular formula is C12H21N3O2S. The summed E-state index contributed by atoms with van der Waals surface area (Å²) in [6.45, 7) is 3.70. The molecule has 1 aliphatic rings. The first kappa shape index (κ1) is 13.5.